The van der Waals surface area contributed by atoms with Crippen molar-refractivity contribution in [1.29, 1.82) is 0 Å². The van der Waals surface area contributed by atoms with E-state index >= 15 is 0 Å². The molecule has 0 aliphatic rings. The van der Waals surface area contributed by atoms with Gasteiger partial charge in [-0.05, 0) is 13.0 Å². The molecule has 2 aromatic heterocycles. The number of fused-ring (bicyclic) bond motifs is 1. The zero-order chi connectivity index (χ0) is 13.4. The van der Waals surface area contributed by atoms with Gasteiger partial charge in [-0.1, -0.05) is 18.2 Å². The third kappa shape index (κ3) is 1.72. The molecule has 0 unspecified atom stereocenters. The van der Waals surface area contributed by atoms with Gasteiger partial charge in [0.15, 0.2) is 0 Å². The Labute approximate surface area is 111 Å². The highest BCUT2D eigenvalue weighted by Gasteiger charge is 2.17. The maximum absolute atomic E-state index is 5.78. The Bertz CT molecular complexity index is 743. The molecule has 0 amide bonds. The van der Waals surface area contributed by atoms with Gasteiger partial charge in [-0.25, -0.2) is 0 Å². The van der Waals surface area contributed by atoms with Crippen LogP contribution in [-0.2, 0) is 13.6 Å². The maximum atomic E-state index is 5.78. The number of benzene rings is 1. The van der Waals surface area contributed by atoms with Crippen molar-refractivity contribution in [2.45, 2.75) is 13.5 Å². The van der Waals surface area contributed by atoms with Crippen molar-refractivity contribution in [2.75, 3.05) is 0 Å². The zero-order valence-electron chi connectivity index (χ0n) is 11.1. The number of hydrogen-bond donors (Lipinski definition) is 1. The van der Waals surface area contributed by atoms with Crippen LogP contribution in [0.3, 0.4) is 0 Å². The van der Waals surface area contributed by atoms with Gasteiger partial charge in [0.1, 0.15) is 0 Å². The first kappa shape index (κ1) is 11.9. The highest BCUT2D eigenvalue weighted by atomic mass is 15.0. The molecule has 0 aliphatic heterocycles. The largest absolute Gasteiger partial charge is 0.347 e. The number of nitrogens with zero attached hydrogens (tertiary/aromatic N) is 3. The Balaban J connectivity index is 2.40. The first-order valence-electron chi connectivity index (χ1n) is 6.28. The molecule has 0 spiro atoms. The zero-order valence-corrected chi connectivity index (χ0v) is 11.1. The number of rotatable bonds is 2. The van der Waals surface area contributed by atoms with Crippen LogP contribution in [0.5, 0.6) is 0 Å². The SMILES string of the molecule is Cc1c(-c2nccnc2CN)c2ccccc2n1C. The van der Waals surface area contributed by atoms with Crippen molar-refractivity contribution in [3.63, 3.8) is 0 Å². The fraction of sp³-hybridized carbons (Fsp3) is 0.200. The van der Waals surface area contributed by atoms with Crippen LogP contribution in [0.2, 0.25) is 0 Å². The Morgan fingerprint density at radius 1 is 1.16 bits per heavy atom. The van der Waals surface area contributed by atoms with Crippen molar-refractivity contribution in [3.8, 4) is 11.3 Å². The van der Waals surface area contributed by atoms with Crippen molar-refractivity contribution in [3.05, 3.63) is 48.0 Å². The second kappa shape index (κ2) is 4.48. The summed E-state index contributed by atoms with van der Waals surface area (Å²) in [6, 6.07) is 8.33. The second-order valence-electron chi connectivity index (χ2n) is 4.59. The summed E-state index contributed by atoms with van der Waals surface area (Å²) < 4.78 is 2.18. The molecule has 2 heterocycles. The molecule has 0 aliphatic carbocycles. The summed E-state index contributed by atoms with van der Waals surface area (Å²) in [6.45, 7) is 2.50. The fourth-order valence-corrected chi connectivity index (χ4v) is 2.54. The first-order valence-corrected chi connectivity index (χ1v) is 6.28. The first-order chi connectivity index (χ1) is 9.24. The summed E-state index contributed by atoms with van der Waals surface area (Å²) in [6.07, 6.45) is 3.40. The molecule has 0 saturated heterocycles. The predicted molar refractivity (Wildman–Crippen MR) is 76.6 cm³/mol. The summed E-state index contributed by atoms with van der Waals surface area (Å²) >= 11 is 0. The van der Waals surface area contributed by atoms with Crippen LogP contribution in [-0.4, -0.2) is 14.5 Å². The molecule has 0 fully saturated rings. The smallest absolute Gasteiger partial charge is 0.0954 e. The van der Waals surface area contributed by atoms with Gasteiger partial charge in [0, 0.05) is 48.1 Å². The molecule has 0 radical (unpaired) electrons. The summed E-state index contributed by atoms with van der Waals surface area (Å²) in [5.41, 5.74) is 11.0. The van der Waals surface area contributed by atoms with Crippen molar-refractivity contribution in [1.82, 2.24) is 14.5 Å². The third-order valence-corrected chi connectivity index (χ3v) is 3.60. The van der Waals surface area contributed by atoms with Crippen molar-refractivity contribution >= 4 is 10.9 Å². The second-order valence-corrected chi connectivity index (χ2v) is 4.59. The van der Waals surface area contributed by atoms with Crippen LogP contribution in [0, 0.1) is 6.92 Å². The van der Waals surface area contributed by atoms with Gasteiger partial charge < -0.3 is 10.3 Å². The van der Waals surface area contributed by atoms with Gasteiger partial charge >= 0.3 is 0 Å². The van der Waals surface area contributed by atoms with Gasteiger partial charge in [-0.3, -0.25) is 9.97 Å². The molecule has 2 N–H and O–H groups in total. The minimum absolute atomic E-state index is 0.395. The monoisotopic (exact) mass is 252 g/mol. The molecule has 4 nitrogen and oxygen atoms in total. The normalized spacial score (nSPS) is 11.1. The van der Waals surface area contributed by atoms with E-state index in [0.717, 1.165) is 17.0 Å². The summed E-state index contributed by atoms with van der Waals surface area (Å²) in [5.74, 6) is 0. The van der Waals surface area contributed by atoms with E-state index in [1.807, 2.05) is 12.1 Å². The molecular weight excluding hydrogens is 236 g/mol. The molecule has 3 rings (SSSR count). The van der Waals surface area contributed by atoms with Gasteiger partial charge in [-0.15, -0.1) is 0 Å². The molecule has 0 bridgehead atoms. The lowest BCUT2D eigenvalue weighted by atomic mass is 10.1. The van der Waals surface area contributed by atoms with Gasteiger partial charge in [0.2, 0.25) is 0 Å². The summed E-state index contributed by atoms with van der Waals surface area (Å²) in [7, 11) is 2.07. The molecule has 4 heteroatoms. The lowest BCUT2D eigenvalue weighted by Gasteiger charge is -2.06. The predicted octanol–water partition coefficient (Wildman–Crippen LogP) is 2.40. The van der Waals surface area contributed by atoms with Crippen LogP contribution < -0.4 is 5.73 Å². The summed E-state index contributed by atoms with van der Waals surface area (Å²) in [5, 5.41) is 1.19. The molecule has 19 heavy (non-hydrogen) atoms. The van der Waals surface area contributed by atoms with Crippen LogP contribution in [0.25, 0.3) is 22.2 Å². The van der Waals surface area contributed by atoms with E-state index in [2.05, 4.69) is 40.6 Å². The van der Waals surface area contributed by atoms with Gasteiger partial charge in [-0.2, -0.15) is 0 Å². The molecule has 3 aromatic rings. The fourth-order valence-electron chi connectivity index (χ4n) is 2.54. The van der Waals surface area contributed by atoms with E-state index in [4.69, 9.17) is 5.73 Å². The summed E-state index contributed by atoms with van der Waals surface area (Å²) in [4.78, 5) is 8.82. The molecule has 0 saturated carbocycles. The van der Waals surface area contributed by atoms with Crippen LogP contribution in [0.15, 0.2) is 36.7 Å². The van der Waals surface area contributed by atoms with Crippen LogP contribution in [0.1, 0.15) is 11.4 Å². The van der Waals surface area contributed by atoms with E-state index in [9.17, 15) is 0 Å². The van der Waals surface area contributed by atoms with Crippen LogP contribution >= 0.6 is 0 Å². The highest BCUT2D eigenvalue weighted by Crippen LogP contribution is 2.33. The number of para-hydroxylation sites is 1. The minimum atomic E-state index is 0.395. The van der Waals surface area contributed by atoms with E-state index < -0.39 is 0 Å². The minimum Gasteiger partial charge on any atom is -0.347 e. The third-order valence-electron chi connectivity index (χ3n) is 3.60. The standard InChI is InChI=1S/C15H16N4/c1-10-14(15-12(9-16)17-7-8-18-15)11-5-3-4-6-13(11)19(10)2/h3-8H,9,16H2,1-2H3. The average Bonchev–Trinajstić information content (AvgIpc) is 2.71. The Hall–Kier alpha value is -2.20. The van der Waals surface area contributed by atoms with E-state index in [1.165, 1.54) is 16.6 Å². The molecule has 1 aromatic carbocycles. The Morgan fingerprint density at radius 3 is 2.68 bits per heavy atom. The lowest BCUT2D eigenvalue weighted by Crippen LogP contribution is -2.04. The van der Waals surface area contributed by atoms with Gasteiger partial charge in [0.05, 0.1) is 11.4 Å². The van der Waals surface area contributed by atoms with E-state index in [1.54, 1.807) is 12.4 Å². The Morgan fingerprint density at radius 2 is 1.89 bits per heavy atom. The maximum Gasteiger partial charge on any atom is 0.0954 e. The van der Waals surface area contributed by atoms with Crippen LogP contribution in [0.4, 0.5) is 0 Å². The number of aryl methyl sites for hydroxylation is 1. The topological polar surface area (TPSA) is 56.7 Å². The molecule has 96 valence electrons. The van der Waals surface area contributed by atoms with Gasteiger partial charge in [0.25, 0.3) is 0 Å². The lowest BCUT2D eigenvalue weighted by molar-refractivity contribution is 0.914. The van der Waals surface area contributed by atoms with Crippen molar-refractivity contribution in [2.24, 2.45) is 12.8 Å². The number of aromatic nitrogens is 3. The average molecular weight is 252 g/mol. The van der Waals surface area contributed by atoms with Crippen molar-refractivity contribution < 1.29 is 0 Å². The highest BCUT2D eigenvalue weighted by molar-refractivity contribution is 5.97. The van der Waals surface area contributed by atoms with E-state index in [0.29, 0.717) is 6.54 Å². The van der Waals surface area contributed by atoms with E-state index in [-0.39, 0.29) is 0 Å². The number of hydrogen-bond acceptors (Lipinski definition) is 3. The number of nitrogens with two attached hydrogens (primary N) is 1. The molecular formula is C15H16N4. The quantitative estimate of drug-likeness (QED) is 0.762. The Kier molecular flexibility index (Phi) is 2.80. The molecule has 0 atom stereocenters.